The van der Waals surface area contributed by atoms with Crippen LogP contribution in [-0.2, 0) is 5.41 Å². The van der Waals surface area contributed by atoms with Crippen molar-refractivity contribution in [2.45, 2.75) is 39.2 Å². The quantitative estimate of drug-likeness (QED) is 0.717. The van der Waals surface area contributed by atoms with Gasteiger partial charge in [-0.05, 0) is 30.0 Å². The van der Waals surface area contributed by atoms with Gasteiger partial charge in [-0.1, -0.05) is 20.8 Å². The lowest BCUT2D eigenvalue weighted by atomic mass is 9.87. The number of hydrogen-bond acceptors (Lipinski definition) is 2. The summed E-state index contributed by atoms with van der Waals surface area (Å²) in [4.78, 5) is 4.23. The molecular formula is C11H18N2. The van der Waals surface area contributed by atoms with Gasteiger partial charge in [0.1, 0.15) is 0 Å². The molecule has 2 nitrogen and oxygen atoms in total. The Morgan fingerprint density at radius 2 is 2.00 bits per heavy atom. The minimum Gasteiger partial charge on any atom is -0.323 e. The van der Waals surface area contributed by atoms with Gasteiger partial charge in [0, 0.05) is 12.2 Å². The van der Waals surface area contributed by atoms with Gasteiger partial charge >= 0.3 is 0 Å². The molecule has 0 aliphatic carbocycles. The number of pyridine rings is 1. The highest BCUT2D eigenvalue weighted by atomic mass is 14.8. The molecule has 0 saturated carbocycles. The summed E-state index contributed by atoms with van der Waals surface area (Å²) in [5.41, 5.74) is 8.19. The molecule has 1 aromatic heterocycles. The summed E-state index contributed by atoms with van der Waals surface area (Å²) in [6.07, 6.45) is 1.83. The second-order valence-electron chi connectivity index (χ2n) is 4.51. The zero-order chi connectivity index (χ0) is 10.1. The Labute approximate surface area is 80.2 Å². The Morgan fingerprint density at radius 3 is 2.46 bits per heavy atom. The van der Waals surface area contributed by atoms with E-state index in [0.29, 0.717) is 0 Å². The topological polar surface area (TPSA) is 38.9 Å². The minimum atomic E-state index is 0.0160. The van der Waals surface area contributed by atoms with E-state index in [2.05, 4.69) is 31.8 Å². The van der Waals surface area contributed by atoms with Crippen LogP contribution in [0.25, 0.3) is 0 Å². The Balaban J connectivity index is 3.06. The molecular weight excluding hydrogens is 160 g/mol. The first-order valence-corrected chi connectivity index (χ1v) is 4.63. The van der Waals surface area contributed by atoms with E-state index in [-0.39, 0.29) is 11.5 Å². The summed E-state index contributed by atoms with van der Waals surface area (Å²) in [5.74, 6) is 0. The van der Waals surface area contributed by atoms with E-state index in [1.807, 2.05) is 19.2 Å². The highest BCUT2D eigenvalue weighted by Crippen LogP contribution is 2.23. The molecule has 1 rings (SSSR count). The van der Waals surface area contributed by atoms with E-state index >= 15 is 0 Å². The molecule has 1 unspecified atom stereocenters. The predicted molar refractivity (Wildman–Crippen MR) is 55.5 cm³/mol. The smallest absolute Gasteiger partial charge is 0.0571 e. The largest absolute Gasteiger partial charge is 0.323 e. The van der Waals surface area contributed by atoms with E-state index < -0.39 is 0 Å². The molecule has 2 heteroatoms. The zero-order valence-electron chi connectivity index (χ0n) is 8.83. The van der Waals surface area contributed by atoms with Crippen molar-refractivity contribution in [3.05, 3.63) is 29.6 Å². The van der Waals surface area contributed by atoms with Crippen molar-refractivity contribution >= 4 is 0 Å². The number of hydrogen-bond donors (Lipinski definition) is 1. The molecule has 1 heterocycles. The Hall–Kier alpha value is -0.890. The zero-order valence-corrected chi connectivity index (χ0v) is 8.83. The van der Waals surface area contributed by atoms with Gasteiger partial charge in [0.25, 0.3) is 0 Å². The average molecular weight is 178 g/mol. The van der Waals surface area contributed by atoms with Gasteiger partial charge < -0.3 is 5.73 Å². The third-order valence-electron chi connectivity index (χ3n) is 2.11. The second kappa shape index (κ2) is 3.46. The van der Waals surface area contributed by atoms with Crippen molar-refractivity contribution in [1.82, 2.24) is 4.98 Å². The van der Waals surface area contributed by atoms with Crippen LogP contribution in [0.3, 0.4) is 0 Å². The molecule has 0 aromatic carbocycles. The summed E-state index contributed by atoms with van der Waals surface area (Å²) < 4.78 is 0. The molecule has 1 atom stereocenters. The van der Waals surface area contributed by atoms with Gasteiger partial charge in [-0.25, -0.2) is 0 Å². The molecule has 1 aromatic rings. The van der Waals surface area contributed by atoms with Crippen molar-refractivity contribution in [2.24, 2.45) is 5.73 Å². The lowest BCUT2D eigenvalue weighted by Crippen LogP contribution is -2.14. The van der Waals surface area contributed by atoms with Crippen LogP contribution in [-0.4, -0.2) is 4.98 Å². The first-order valence-electron chi connectivity index (χ1n) is 4.63. The second-order valence-corrected chi connectivity index (χ2v) is 4.51. The lowest BCUT2D eigenvalue weighted by molar-refractivity contribution is 0.586. The molecule has 0 aliphatic heterocycles. The predicted octanol–water partition coefficient (Wildman–Crippen LogP) is 2.40. The maximum absolute atomic E-state index is 5.76. The summed E-state index contributed by atoms with van der Waals surface area (Å²) in [5, 5.41) is 0. The highest BCUT2D eigenvalue weighted by molar-refractivity contribution is 5.24. The maximum atomic E-state index is 5.76. The van der Waals surface area contributed by atoms with E-state index in [9.17, 15) is 0 Å². The molecule has 0 amide bonds. The number of rotatable bonds is 1. The Morgan fingerprint density at radius 1 is 1.38 bits per heavy atom. The van der Waals surface area contributed by atoms with Gasteiger partial charge in [0.15, 0.2) is 0 Å². The number of aromatic nitrogens is 1. The number of nitrogens with two attached hydrogens (primary N) is 1. The molecule has 0 bridgehead atoms. The van der Waals surface area contributed by atoms with Gasteiger partial charge in [0.05, 0.1) is 5.69 Å². The maximum Gasteiger partial charge on any atom is 0.0571 e. The molecule has 72 valence electrons. The van der Waals surface area contributed by atoms with Crippen molar-refractivity contribution < 1.29 is 0 Å². The van der Waals surface area contributed by atoms with Crippen molar-refractivity contribution in [3.63, 3.8) is 0 Å². The Bertz CT molecular complexity index is 284. The average Bonchev–Trinajstić information content (AvgIpc) is 2.03. The third kappa shape index (κ3) is 2.52. The van der Waals surface area contributed by atoms with Gasteiger partial charge in [-0.3, -0.25) is 4.98 Å². The van der Waals surface area contributed by atoms with Gasteiger partial charge in [-0.15, -0.1) is 0 Å². The minimum absolute atomic E-state index is 0.0160. The van der Waals surface area contributed by atoms with Crippen LogP contribution in [0.1, 0.15) is 45.0 Å². The van der Waals surface area contributed by atoms with Crippen molar-refractivity contribution in [1.29, 1.82) is 0 Å². The van der Waals surface area contributed by atoms with E-state index in [1.165, 1.54) is 5.56 Å². The first-order chi connectivity index (χ1) is 5.91. The van der Waals surface area contributed by atoms with Crippen molar-refractivity contribution in [2.75, 3.05) is 0 Å². The molecule has 0 saturated heterocycles. The fourth-order valence-electron chi connectivity index (χ4n) is 1.16. The van der Waals surface area contributed by atoms with E-state index in [4.69, 9.17) is 5.73 Å². The van der Waals surface area contributed by atoms with Crippen LogP contribution in [0.4, 0.5) is 0 Å². The summed E-state index contributed by atoms with van der Waals surface area (Å²) >= 11 is 0. The lowest BCUT2D eigenvalue weighted by Gasteiger charge is -2.19. The molecule has 2 N–H and O–H groups in total. The molecule has 0 fully saturated rings. The SMILES string of the molecule is CC(N)c1cc(C(C)(C)C)ccn1. The normalized spacial score (nSPS) is 14.2. The summed E-state index contributed by atoms with van der Waals surface area (Å²) in [6.45, 7) is 8.52. The first kappa shape index (κ1) is 10.2. The molecule has 0 spiro atoms. The fourth-order valence-corrected chi connectivity index (χ4v) is 1.16. The van der Waals surface area contributed by atoms with Gasteiger partial charge in [-0.2, -0.15) is 0 Å². The number of nitrogens with zero attached hydrogens (tertiary/aromatic N) is 1. The monoisotopic (exact) mass is 178 g/mol. The molecule has 0 radical (unpaired) electrons. The standard InChI is InChI=1S/C11H18N2/c1-8(12)10-7-9(5-6-13-10)11(2,3)4/h5-8H,12H2,1-4H3. The van der Waals surface area contributed by atoms with Crippen LogP contribution >= 0.6 is 0 Å². The van der Waals surface area contributed by atoms with Gasteiger partial charge in [0.2, 0.25) is 0 Å². The Kier molecular flexibility index (Phi) is 2.71. The van der Waals surface area contributed by atoms with Crippen LogP contribution in [0.5, 0.6) is 0 Å². The van der Waals surface area contributed by atoms with Crippen molar-refractivity contribution in [3.8, 4) is 0 Å². The van der Waals surface area contributed by atoms with E-state index in [0.717, 1.165) is 5.69 Å². The van der Waals surface area contributed by atoms with Crippen LogP contribution in [0.2, 0.25) is 0 Å². The summed E-state index contributed by atoms with van der Waals surface area (Å²) in [6, 6.07) is 4.15. The van der Waals surface area contributed by atoms with Crippen LogP contribution < -0.4 is 5.73 Å². The highest BCUT2D eigenvalue weighted by Gasteiger charge is 2.14. The van der Waals surface area contributed by atoms with Crippen LogP contribution in [0.15, 0.2) is 18.3 Å². The third-order valence-corrected chi connectivity index (χ3v) is 2.11. The summed E-state index contributed by atoms with van der Waals surface area (Å²) in [7, 11) is 0. The molecule has 13 heavy (non-hydrogen) atoms. The molecule has 0 aliphatic rings. The van der Waals surface area contributed by atoms with E-state index in [1.54, 1.807) is 0 Å². The fraction of sp³-hybridized carbons (Fsp3) is 0.545. The van der Waals surface area contributed by atoms with Crippen LogP contribution in [0, 0.1) is 0 Å².